The van der Waals surface area contributed by atoms with Crippen molar-refractivity contribution in [3.05, 3.63) is 0 Å². The van der Waals surface area contributed by atoms with Gasteiger partial charge in [0, 0.05) is 38.3 Å². The maximum Gasteiger partial charge on any atom is 0.310 e. The molecule has 6 nitrogen and oxygen atoms in total. The normalized spacial score (nSPS) is 26.1. The Morgan fingerprint density at radius 3 is 2.65 bits per heavy atom. The molecule has 0 saturated carbocycles. The SMILES string of the molecule is COC(=O)C1CC(=O)N(CC2(N(C)C)CCOCC2)C1. The summed E-state index contributed by atoms with van der Waals surface area (Å²) >= 11 is 0. The Balaban J connectivity index is 2.04. The minimum atomic E-state index is -0.313. The number of likely N-dealkylation sites (N-methyl/N-ethyl adjacent to an activating group) is 1. The topological polar surface area (TPSA) is 59.1 Å². The summed E-state index contributed by atoms with van der Waals surface area (Å²) < 4.78 is 10.2. The average molecular weight is 284 g/mol. The van der Waals surface area contributed by atoms with Gasteiger partial charge in [-0.2, -0.15) is 0 Å². The summed E-state index contributed by atoms with van der Waals surface area (Å²) in [4.78, 5) is 27.7. The van der Waals surface area contributed by atoms with Crippen LogP contribution in [0.3, 0.4) is 0 Å². The standard InChI is InChI=1S/C14H24N2O4/c1-15(2)14(4-6-20-7-5-14)10-16-9-11(8-12(16)17)13(18)19-3/h11H,4-10H2,1-3H3. The van der Waals surface area contributed by atoms with Crippen LogP contribution in [0, 0.1) is 5.92 Å². The molecule has 114 valence electrons. The van der Waals surface area contributed by atoms with Gasteiger partial charge in [-0.15, -0.1) is 0 Å². The lowest BCUT2D eigenvalue weighted by molar-refractivity contribution is -0.145. The van der Waals surface area contributed by atoms with Gasteiger partial charge in [-0.05, 0) is 26.9 Å². The van der Waals surface area contributed by atoms with E-state index < -0.39 is 0 Å². The maximum absolute atomic E-state index is 12.1. The maximum atomic E-state index is 12.1. The predicted octanol–water partition coefficient (Wildman–Crippen LogP) is 0.119. The Labute approximate surface area is 120 Å². The molecular weight excluding hydrogens is 260 g/mol. The fourth-order valence-electron chi connectivity index (χ4n) is 3.10. The van der Waals surface area contributed by atoms with Gasteiger partial charge in [0.2, 0.25) is 5.91 Å². The van der Waals surface area contributed by atoms with E-state index in [0.29, 0.717) is 13.1 Å². The molecule has 1 atom stereocenters. The zero-order valence-electron chi connectivity index (χ0n) is 12.6. The van der Waals surface area contributed by atoms with Crippen molar-refractivity contribution in [3.63, 3.8) is 0 Å². The minimum absolute atomic E-state index is 0.0427. The summed E-state index contributed by atoms with van der Waals surface area (Å²) in [7, 11) is 5.46. The summed E-state index contributed by atoms with van der Waals surface area (Å²) in [5, 5.41) is 0. The van der Waals surface area contributed by atoms with Gasteiger partial charge in [0.15, 0.2) is 0 Å². The highest BCUT2D eigenvalue weighted by atomic mass is 16.5. The highest BCUT2D eigenvalue weighted by molar-refractivity contribution is 5.86. The largest absolute Gasteiger partial charge is 0.469 e. The van der Waals surface area contributed by atoms with Gasteiger partial charge >= 0.3 is 5.97 Å². The van der Waals surface area contributed by atoms with Crippen LogP contribution >= 0.6 is 0 Å². The van der Waals surface area contributed by atoms with Crippen LogP contribution in [-0.4, -0.2) is 74.7 Å². The fraction of sp³-hybridized carbons (Fsp3) is 0.857. The van der Waals surface area contributed by atoms with Gasteiger partial charge in [-0.3, -0.25) is 9.59 Å². The second-order valence-electron chi connectivity index (χ2n) is 5.93. The van der Waals surface area contributed by atoms with Crippen molar-refractivity contribution >= 4 is 11.9 Å². The Morgan fingerprint density at radius 1 is 1.45 bits per heavy atom. The van der Waals surface area contributed by atoms with Gasteiger partial charge < -0.3 is 19.3 Å². The summed E-state index contributed by atoms with van der Waals surface area (Å²) in [6.45, 7) is 2.58. The lowest BCUT2D eigenvalue weighted by Crippen LogP contribution is -2.56. The first kappa shape index (κ1) is 15.3. The van der Waals surface area contributed by atoms with Crippen molar-refractivity contribution in [2.24, 2.45) is 5.92 Å². The summed E-state index contributed by atoms with van der Waals surface area (Å²) in [6.07, 6.45) is 2.09. The predicted molar refractivity (Wildman–Crippen MR) is 73.2 cm³/mol. The first-order valence-corrected chi connectivity index (χ1v) is 7.09. The zero-order valence-corrected chi connectivity index (χ0v) is 12.6. The lowest BCUT2D eigenvalue weighted by atomic mass is 9.88. The molecule has 20 heavy (non-hydrogen) atoms. The van der Waals surface area contributed by atoms with Crippen molar-refractivity contribution in [2.45, 2.75) is 24.8 Å². The Morgan fingerprint density at radius 2 is 2.10 bits per heavy atom. The van der Waals surface area contributed by atoms with Crippen molar-refractivity contribution < 1.29 is 19.1 Å². The molecule has 1 amide bonds. The third-order valence-corrected chi connectivity index (χ3v) is 4.61. The number of rotatable bonds is 4. The number of nitrogens with zero attached hydrogens (tertiary/aromatic N) is 2. The first-order valence-electron chi connectivity index (χ1n) is 7.09. The molecule has 0 aromatic carbocycles. The monoisotopic (exact) mass is 284 g/mol. The summed E-state index contributed by atoms with van der Waals surface area (Å²) in [5.74, 6) is -0.550. The minimum Gasteiger partial charge on any atom is -0.469 e. The number of hydrogen-bond donors (Lipinski definition) is 0. The van der Waals surface area contributed by atoms with Crippen molar-refractivity contribution in [2.75, 3.05) is 47.5 Å². The number of esters is 1. The van der Waals surface area contributed by atoms with Crippen LogP contribution < -0.4 is 0 Å². The number of amides is 1. The number of methoxy groups -OCH3 is 1. The van der Waals surface area contributed by atoms with Crippen LogP contribution in [-0.2, 0) is 19.1 Å². The van der Waals surface area contributed by atoms with Crippen LogP contribution in [0.5, 0.6) is 0 Å². The smallest absolute Gasteiger partial charge is 0.310 e. The number of hydrogen-bond acceptors (Lipinski definition) is 5. The van der Waals surface area contributed by atoms with Crippen LogP contribution in [0.2, 0.25) is 0 Å². The molecule has 2 fully saturated rings. The van der Waals surface area contributed by atoms with E-state index in [9.17, 15) is 9.59 Å². The summed E-state index contributed by atoms with van der Waals surface area (Å²) in [6, 6.07) is 0. The van der Waals surface area contributed by atoms with Gasteiger partial charge in [-0.1, -0.05) is 0 Å². The molecule has 2 aliphatic heterocycles. The molecule has 0 N–H and O–H groups in total. The number of ether oxygens (including phenoxy) is 2. The first-order chi connectivity index (χ1) is 9.48. The highest BCUT2D eigenvalue weighted by Crippen LogP contribution is 2.30. The van der Waals surface area contributed by atoms with E-state index in [2.05, 4.69) is 4.90 Å². The van der Waals surface area contributed by atoms with Gasteiger partial charge in [0.05, 0.1) is 13.0 Å². The van der Waals surface area contributed by atoms with Crippen LogP contribution in [0.25, 0.3) is 0 Å². The van der Waals surface area contributed by atoms with Gasteiger partial charge in [0.1, 0.15) is 0 Å². The number of likely N-dealkylation sites (tertiary alicyclic amines) is 1. The molecule has 0 bridgehead atoms. The summed E-state index contributed by atoms with van der Waals surface area (Å²) in [5.41, 5.74) is -0.0427. The molecule has 2 saturated heterocycles. The molecule has 0 aromatic rings. The Hall–Kier alpha value is -1.14. The van der Waals surface area contributed by atoms with Crippen molar-refractivity contribution in [3.8, 4) is 0 Å². The fourth-order valence-corrected chi connectivity index (χ4v) is 3.10. The van der Waals surface area contributed by atoms with Crippen LogP contribution in [0.1, 0.15) is 19.3 Å². The third-order valence-electron chi connectivity index (χ3n) is 4.61. The molecule has 0 radical (unpaired) electrons. The zero-order chi connectivity index (χ0) is 14.8. The van der Waals surface area contributed by atoms with Gasteiger partial charge in [-0.25, -0.2) is 0 Å². The number of carbonyl (C=O) groups excluding carboxylic acids is 2. The van der Waals surface area contributed by atoms with E-state index in [1.54, 1.807) is 0 Å². The van der Waals surface area contributed by atoms with E-state index in [1.165, 1.54) is 7.11 Å². The molecule has 2 heterocycles. The van der Waals surface area contributed by atoms with Crippen LogP contribution in [0.15, 0.2) is 0 Å². The number of carbonyl (C=O) groups is 2. The molecule has 0 spiro atoms. The second-order valence-corrected chi connectivity index (χ2v) is 5.93. The quantitative estimate of drug-likeness (QED) is 0.686. The van der Waals surface area contributed by atoms with Crippen LogP contribution in [0.4, 0.5) is 0 Å². The molecule has 2 aliphatic rings. The highest BCUT2D eigenvalue weighted by Gasteiger charge is 2.42. The lowest BCUT2D eigenvalue weighted by Gasteiger charge is -2.45. The van der Waals surface area contributed by atoms with Crippen molar-refractivity contribution in [1.29, 1.82) is 0 Å². The Kier molecular flexibility index (Phi) is 4.65. The molecule has 0 aromatic heterocycles. The molecule has 1 unspecified atom stereocenters. The van der Waals surface area contributed by atoms with E-state index >= 15 is 0 Å². The van der Waals surface area contributed by atoms with E-state index in [-0.39, 0.29) is 29.8 Å². The van der Waals surface area contributed by atoms with E-state index in [0.717, 1.165) is 26.1 Å². The Bertz CT molecular complexity index is 377. The molecule has 6 heteroatoms. The second kappa shape index (κ2) is 6.10. The van der Waals surface area contributed by atoms with E-state index in [1.807, 2.05) is 19.0 Å². The molecule has 2 rings (SSSR count). The van der Waals surface area contributed by atoms with E-state index in [4.69, 9.17) is 9.47 Å². The third kappa shape index (κ3) is 2.96. The molecular formula is C14H24N2O4. The van der Waals surface area contributed by atoms with Gasteiger partial charge in [0.25, 0.3) is 0 Å². The molecule has 0 aliphatic carbocycles. The van der Waals surface area contributed by atoms with Crippen molar-refractivity contribution in [1.82, 2.24) is 9.80 Å². The average Bonchev–Trinajstić information content (AvgIpc) is 2.80.